The van der Waals surface area contributed by atoms with E-state index in [1.54, 1.807) is 18.2 Å². The minimum absolute atomic E-state index is 0.172. The predicted octanol–water partition coefficient (Wildman–Crippen LogP) is 2.80. The maximum atomic E-state index is 13.6. The topological polar surface area (TPSA) is 67.8 Å². The first-order valence-electron chi connectivity index (χ1n) is 6.06. The van der Waals surface area contributed by atoms with Gasteiger partial charge in [0.25, 0.3) is 5.91 Å². The minimum atomic E-state index is -0.803. The molecule has 0 aliphatic rings. The number of ether oxygens (including phenoxy) is 2. The molecule has 0 aliphatic heterocycles. The molecule has 0 aliphatic carbocycles. The number of carbonyl (C=O) groups excluding carboxylic acids is 1. The Kier molecular flexibility index (Phi) is 4.27. The monoisotopic (exact) mass is 291 g/mol. The second-order valence-electron chi connectivity index (χ2n) is 4.22. The lowest BCUT2D eigenvalue weighted by atomic mass is 10.2. The Morgan fingerprint density at radius 3 is 2.24 bits per heavy atom. The first kappa shape index (κ1) is 14.6. The second-order valence-corrected chi connectivity index (χ2v) is 4.22. The molecule has 0 unspecified atom stereocenters. The molecule has 0 spiro atoms. The Balaban J connectivity index is 2.26. The summed E-state index contributed by atoms with van der Waals surface area (Å²) in [6, 6.07) is 8.14. The Morgan fingerprint density at radius 1 is 1.10 bits per heavy atom. The highest BCUT2D eigenvalue weighted by molar-refractivity contribution is 6.04. The van der Waals surface area contributed by atoms with E-state index in [4.69, 9.17) is 14.6 Å². The molecule has 0 radical (unpaired) electrons. The molecule has 0 saturated heterocycles. The van der Waals surface area contributed by atoms with E-state index in [9.17, 15) is 9.18 Å². The van der Waals surface area contributed by atoms with Crippen LogP contribution < -0.4 is 14.8 Å². The smallest absolute Gasteiger partial charge is 0.258 e. The molecule has 0 heterocycles. The maximum Gasteiger partial charge on any atom is 0.258 e. The zero-order valence-corrected chi connectivity index (χ0v) is 11.5. The third kappa shape index (κ3) is 3.42. The number of amides is 1. The van der Waals surface area contributed by atoms with Gasteiger partial charge in [-0.05, 0) is 12.1 Å². The summed E-state index contributed by atoms with van der Waals surface area (Å²) in [4.78, 5) is 12.0. The van der Waals surface area contributed by atoms with E-state index in [0.29, 0.717) is 17.2 Å². The van der Waals surface area contributed by atoms with Crippen LogP contribution in [0.5, 0.6) is 17.2 Å². The molecule has 2 N–H and O–H groups in total. The molecule has 2 aromatic rings. The summed E-state index contributed by atoms with van der Waals surface area (Å²) >= 11 is 0. The summed E-state index contributed by atoms with van der Waals surface area (Å²) in [5.41, 5.74) is 0.235. The van der Waals surface area contributed by atoms with Crippen LogP contribution >= 0.6 is 0 Å². The van der Waals surface area contributed by atoms with Gasteiger partial charge in [-0.3, -0.25) is 4.79 Å². The number of nitrogens with one attached hydrogen (secondary N) is 1. The van der Waals surface area contributed by atoms with E-state index in [-0.39, 0.29) is 11.3 Å². The van der Waals surface area contributed by atoms with Gasteiger partial charge in [-0.15, -0.1) is 0 Å². The van der Waals surface area contributed by atoms with E-state index in [2.05, 4.69) is 5.32 Å². The molecule has 0 aromatic heterocycles. The molecule has 2 rings (SSSR count). The van der Waals surface area contributed by atoms with E-state index < -0.39 is 11.7 Å². The van der Waals surface area contributed by atoms with Gasteiger partial charge in [0.15, 0.2) is 0 Å². The molecule has 2 aromatic carbocycles. The highest BCUT2D eigenvalue weighted by Gasteiger charge is 2.13. The third-order valence-electron chi connectivity index (χ3n) is 2.81. The average molecular weight is 291 g/mol. The van der Waals surface area contributed by atoms with Gasteiger partial charge < -0.3 is 19.9 Å². The summed E-state index contributed by atoms with van der Waals surface area (Å²) in [5.74, 6) is -0.691. The van der Waals surface area contributed by atoms with Gasteiger partial charge in [0.1, 0.15) is 23.1 Å². The fraction of sp³-hybridized carbons (Fsp3) is 0.133. The molecule has 110 valence electrons. The number of hydrogen-bond acceptors (Lipinski definition) is 4. The van der Waals surface area contributed by atoms with E-state index in [1.165, 1.54) is 26.4 Å². The molecule has 1 amide bonds. The van der Waals surface area contributed by atoms with Crippen LogP contribution in [-0.2, 0) is 0 Å². The quantitative estimate of drug-likeness (QED) is 0.909. The van der Waals surface area contributed by atoms with Gasteiger partial charge in [0.05, 0.1) is 19.8 Å². The number of phenolic OH excluding ortho intramolecular Hbond substituents is 1. The molecular formula is C15H14FNO4. The molecule has 0 saturated carbocycles. The van der Waals surface area contributed by atoms with Crippen LogP contribution in [0, 0.1) is 5.82 Å². The van der Waals surface area contributed by atoms with Crippen LogP contribution in [0.15, 0.2) is 36.4 Å². The van der Waals surface area contributed by atoms with Gasteiger partial charge in [0, 0.05) is 30.0 Å². The Labute approximate surface area is 120 Å². The lowest BCUT2D eigenvalue weighted by Gasteiger charge is -2.10. The van der Waals surface area contributed by atoms with Crippen molar-refractivity contribution in [1.82, 2.24) is 0 Å². The summed E-state index contributed by atoms with van der Waals surface area (Å²) in [5, 5.41) is 11.7. The van der Waals surface area contributed by atoms with Crippen molar-refractivity contribution in [2.45, 2.75) is 0 Å². The van der Waals surface area contributed by atoms with Gasteiger partial charge in [-0.1, -0.05) is 0 Å². The Hall–Kier alpha value is -2.76. The van der Waals surface area contributed by atoms with Crippen LogP contribution in [0.1, 0.15) is 10.4 Å². The van der Waals surface area contributed by atoms with Crippen molar-refractivity contribution >= 4 is 11.6 Å². The fourth-order valence-corrected chi connectivity index (χ4v) is 1.77. The molecule has 0 atom stereocenters. The molecule has 5 nitrogen and oxygen atoms in total. The van der Waals surface area contributed by atoms with E-state index in [0.717, 1.165) is 6.07 Å². The second kappa shape index (κ2) is 6.13. The van der Waals surface area contributed by atoms with Crippen molar-refractivity contribution in [3.05, 3.63) is 47.8 Å². The number of anilines is 1. The van der Waals surface area contributed by atoms with Crippen LogP contribution in [0.3, 0.4) is 0 Å². The zero-order valence-electron chi connectivity index (χ0n) is 11.5. The summed E-state index contributed by atoms with van der Waals surface area (Å²) in [7, 11) is 2.97. The van der Waals surface area contributed by atoms with Gasteiger partial charge in [-0.25, -0.2) is 4.39 Å². The number of carbonyl (C=O) groups is 1. The number of halogens is 1. The molecular weight excluding hydrogens is 277 g/mol. The average Bonchev–Trinajstić information content (AvgIpc) is 2.46. The standard InChI is InChI=1S/C15H14FNO4/c1-20-11-5-9(6-12(8-11)21-2)17-15(19)13-4-3-10(18)7-14(13)16/h3-8,18H,1-2H3,(H,17,19). The molecule has 6 heteroatoms. The number of rotatable bonds is 4. The maximum absolute atomic E-state index is 13.6. The van der Waals surface area contributed by atoms with Crippen LogP contribution in [0.2, 0.25) is 0 Å². The van der Waals surface area contributed by atoms with Crippen LogP contribution in [-0.4, -0.2) is 25.2 Å². The van der Waals surface area contributed by atoms with Crippen molar-refractivity contribution in [2.24, 2.45) is 0 Å². The van der Waals surface area contributed by atoms with Crippen molar-refractivity contribution in [2.75, 3.05) is 19.5 Å². The Bertz CT molecular complexity index is 650. The van der Waals surface area contributed by atoms with Crippen molar-refractivity contribution < 1.29 is 23.8 Å². The number of benzene rings is 2. The van der Waals surface area contributed by atoms with Gasteiger partial charge in [-0.2, -0.15) is 0 Å². The van der Waals surface area contributed by atoms with Crippen LogP contribution in [0.4, 0.5) is 10.1 Å². The lowest BCUT2D eigenvalue weighted by Crippen LogP contribution is -2.13. The number of methoxy groups -OCH3 is 2. The first-order chi connectivity index (χ1) is 10.0. The molecule has 0 fully saturated rings. The highest BCUT2D eigenvalue weighted by atomic mass is 19.1. The van der Waals surface area contributed by atoms with E-state index >= 15 is 0 Å². The van der Waals surface area contributed by atoms with Crippen molar-refractivity contribution in [1.29, 1.82) is 0 Å². The first-order valence-corrected chi connectivity index (χ1v) is 6.06. The Morgan fingerprint density at radius 2 is 1.71 bits per heavy atom. The normalized spacial score (nSPS) is 10.0. The SMILES string of the molecule is COc1cc(NC(=O)c2ccc(O)cc2F)cc(OC)c1. The minimum Gasteiger partial charge on any atom is -0.508 e. The van der Waals surface area contributed by atoms with Crippen LogP contribution in [0.25, 0.3) is 0 Å². The number of phenols is 1. The third-order valence-corrected chi connectivity index (χ3v) is 2.81. The fourth-order valence-electron chi connectivity index (χ4n) is 1.77. The molecule has 0 bridgehead atoms. The van der Waals surface area contributed by atoms with Gasteiger partial charge in [0.2, 0.25) is 0 Å². The summed E-state index contributed by atoms with van der Waals surface area (Å²) in [6.07, 6.45) is 0. The highest BCUT2D eigenvalue weighted by Crippen LogP contribution is 2.26. The number of aromatic hydroxyl groups is 1. The van der Waals surface area contributed by atoms with Crippen molar-refractivity contribution in [3.8, 4) is 17.2 Å². The van der Waals surface area contributed by atoms with Crippen molar-refractivity contribution in [3.63, 3.8) is 0 Å². The largest absolute Gasteiger partial charge is 0.508 e. The lowest BCUT2D eigenvalue weighted by molar-refractivity contribution is 0.102. The summed E-state index contributed by atoms with van der Waals surface area (Å²) < 4.78 is 23.8. The van der Waals surface area contributed by atoms with E-state index in [1.807, 2.05) is 0 Å². The summed E-state index contributed by atoms with van der Waals surface area (Å²) in [6.45, 7) is 0. The number of hydrogen-bond donors (Lipinski definition) is 2. The predicted molar refractivity (Wildman–Crippen MR) is 75.6 cm³/mol. The zero-order chi connectivity index (χ0) is 15.4. The molecule has 21 heavy (non-hydrogen) atoms. The van der Waals surface area contributed by atoms with Gasteiger partial charge >= 0.3 is 0 Å².